The van der Waals surface area contributed by atoms with Crippen molar-refractivity contribution in [3.05, 3.63) is 22.8 Å². The first-order valence-electron chi connectivity index (χ1n) is 5.74. The number of aromatic hydroxyl groups is 1. The van der Waals surface area contributed by atoms with Crippen LogP contribution in [0.4, 0.5) is 0 Å². The summed E-state index contributed by atoms with van der Waals surface area (Å²) in [5.74, 6) is 0.378. The van der Waals surface area contributed by atoms with Gasteiger partial charge in [0.05, 0.1) is 18.8 Å². The van der Waals surface area contributed by atoms with Crippen LogP contribution in [-0.2, 0) is 6.42 Å². The third kappa shape index (κ3) is 1.78. The normalized spacial score (nSPS) is 19.0. The van der Waals surface area contributed by atoms with Crippen LogP contribution >= 0.6 is 0 Å². The summed E-state index contributed by atoms with van der Waals surface area (Å²) in [6, 6.07) is 1.66. The fraction of sp³-hybridized carbons (Fsp3) is 0.462. The highest BCUT2D eigenvalue weighted by Crippen LogP contribution is 2.41. The minimum Gasteiger partial charge on any atom is -0.507 e. The number of phenols is 1. The Labute approximate surface area is 99.8 Å². The van der Waals surface area contributed by atoms with Gasteiger partial charge >= 0.3 is 0 Å². The Morgan fingerprint density at radius 3 is 2.82 bits per heavy atom. The van der Waals surface area contributed by atoms with Crippen molar-refractivity contribution in [2.24, 2.45) is 0 Å². The second-order valence-corrected chi connectivity index (χ2v) is 4.20. The summed E-state index contributed by atoms with van der Waals surface area (Å²) in [6.45, 7) is 1.88. The molecule has 92 valence electrons. The summed E-state index contributed by atoms with van der Waals surface area (Å²) in [5.41, 5.74) is 1.36. The van der Waals surface area contributed by atoms with Gasteiger partial charge in [-0.2, -0.15) is 0 Å². The average Bonchev–Trinajstić information content (AvgIpc) is 2.33. The second-order valence-electron chi connectivity index (χ2n) is 4.20. The number of carbonyl (C=O) groups is 1. The van der Waals surface area contributed by atoms with Gasteiger partial charge in [0, 0.05) is 12.0 Å². The topological polar surface area (TPSA) is 66.8 Å². The summed E-state index contributed by atoms with van der Waals surface area (Å²) in [5, 5.41) is 20.0. The highest BCUT2D eigenvalue weighted by Gasteiger charge is 2.29. The average molecular weight is 236 g/mol. The van der Waals surface area contributed by atoms with Gasteiger partial charge in [0.25, 0.3) is 0 Å². The molecule has 4 nitrogen and oxygen atoms in total. The molecule has 0 aliphatic heterocycles. The molecule has 1 aliphatic carbocycles. The highest BCUT2D eigenvalue weighted by molar-refractivity contribution is 6.02. The fourth-order valence-electron chi connectivity index (χ4n) is 2.33. The van der Waals surface area contributed by atoms with Crippen molar-refractivity contribution in [1.82, 2.24) is 0 Å². The molecule has 0 saturated carbocycles. The van der Waals surface area contributed by atoms with Gasteiger partial charge in [-0.05, 0) is 24.5 Å². The number of phenolic OH excluding ortho intramolecular Hbond substituents is 1. The zero-order chi connectivity index (χ0) is 12.6. The monoisotopic (exact) mass is 236 g/mol. The molecule has 1 unspecified atom stereocenters. The molecule has 0 bridgehead atoms. The summed E-state index contributed by atoms with van der Waals surface area (Å²) < 4.78 is 5.18. The third-order valence-corrected chi connectivity index (χ3v) is 3.25. The predicted molar refractivity (Wildman–Crippen MR) is 62.6 cm³/mol. The number of carbonyl (C=O) groups excluding carboxylic acids is 1. The largest absolute Gasteiger partial charge is 0.507 e. The van der Waals surface area contributed by atoms with E-state index in [9.17, 15) is 15.0 Å². The maximum Gasteiger partial charge on any atom is 0.167 e. The Hall–Kier alpha value is -1.55. The van der Waals surface area contributed by atoms with Crippen molar-refractivity contribution in [1.29, 1.82) is 0 Å². The number of methoxy groups -OCH3 is 1. The molecule has 4 heteroatoms. The third-order valence-electron chi connectivity index (χ3n) is 3.25. The minimum atomic E-state index is -0.701. The number of ether oxygens (including phenoxy) is 1. The Bertz CT molecular complexity index is 465. The number of aliphatic hydroxyl groups is 1. The van der Waals surface area contributed by atoms with Gasteiger partial charge in [0.1, 0.15) is 11.5 Å². The van der Waals surface area contributed by atoms with Gasteiger partial charge in [-0.1, -0.05) is 6.92 Å². The number of hydrogen-bond acceptors (Lipinski definition) is 4. The van der Waals surface area contributed by atoms with Gasteiger partial charge < -0.3 is 14.9 Å². The molecule has 1 aromatic rings. The maximum atomic E-state index is 11.8. The van der Waals surface area contributed by atoms with Crippen LogP contribution in [0.2, 0.25) is 0 Å². The molecule has 0 spiro atoms. The van der Waals surface area contributed by atoms with E-state index in [-0.39, 0.29) is 23.5 Å². The van der Waals surface area contributed by atoms with E-state index in [1.165, 1.54) is 7.11 Å². The maximum absolute atomic E-state index is 11.8. The lowest BCUT2D eigenvalue weighted by molar-refractivity contribution is 0.0892. The van der Waals surface area contributed by atoms with Crippen molar-refractivity contribution >= 4 is 5.78 Å². The molecule has 2 N–H and O–H groups in total. The number of ketones is 1. The van der Waals surface area contributed by atoms with Gasteiger partial charge in [-0.3, -0.25) is 4.79 Å². The van der Waals surface area contributed by atoms with Crippen molar-refractivity contribution in [3.8, 4) is 11.5 Å². The lowest BCUT2D eigenvalue weighted by atomic mass is 9.85. The van der Waals surface area contributed by atoms with Crippen LogP contribution in [0.5, 0.6) is 11.5 Å². The number of hydrogen-bond donors (Lipinski definition) is 2. The van der Waals surface area contributed by atoms with Crippen LogP contribution in [0.15, 0.2) is 6.07 Å². The lowest BCUT2D eigenvalue weighted by Gasteiger charge is -2.23. The van der Waals surface area contributed by atoms with E-state index in [4.69, 9.17) is 4.74 Å². The lowest BCUT2D eigenvalue weighted by Crippen LogP contribution is -2.16. The van der Waals surface area contributed by atoms with Crippen molar-refractivity contribution in [3.63, 3.8) is 0 Å². The first-order valence-corrected chi connectivity index (χ1v) is 5.74. The van der Waals surface area contributed by atoms with Gasteiger partial charge in [-0.25, -0.2) is 0 Å². The van der Waals surface area contributed by atoms with Crippen LogP contribution in [0.3, 0.4) is 0 Å². The molecule has 1 aromatic carbocycles. The Kier molecular flexibility index (Phi) is 3.07. The number of Topliss-reactive ketones (excluding diaryl/α,β-unsaturated/α-hetero) is 1. The van der Waals surface area contributed by atoms with Crippen LogP contribution in [0, 0.1) is 0 Å². The molecule has 0 radical (unpaired) electrons. The number of aliphatic hydroxyl groups excluding tert-OH is 1. The first kappa shape index (κ1) is 11.9. The van der Waals surface area contributed by atoms with Gasteiger partial charge in [-0.15, -0.1) is 0 Å². The zero-order valence-electron chi connectivity index (χ0n) is 9.99. The first-order chi connectivity index (χ1) is 8.10. The molecule has 0 amide bonds. The Balaban J connectivity index is 2.70. The van der Waals surface area contributed by atoms with Crippen molar-refractivity contribution in [2.75, 3.05) is 7.11 Å². The number of fused-ring (bicyclic) bond motifs is 1. The smallest absolute Gasteiger partial charge is 0.167 e. The van der Waals surface area contributed by atoms with E-state index < -0.39 is 6.10 Å². The summed E-state index contributed by atoms with van der Waals surface area (Å²) in [6.07, 6.45) is 0.552. The Morgan fingerprint density at radius 1 is 1.53 bits per heavy atom. The van der Waals surface area contributed by atoms with Crippen LogP contribution in [0.1, 0.15) is 47.4 Å². The number of benzene rings is 1. The van der Waals surface area contributed by atoms with Crippen molar-refractivity contribution < 1.29 is 19.7 Å². The van der Waals surface area contributed by atoms with Crippen molar-refractivity contribution in [2.45, 2.75) is 32.3 Å². The van der Waals surface area contributed by atoms with Gasteiger partial charge in [0.15, 0.2) is 5.78 Å². The quantitative estimate of drug-likeness (QED) is 0.823. The molecule has 1 aliphatic rings. The van der Waals surface area contributed by atoms with E-state index in [2.05, 4.69) is 0 Å². The SMILES string of the molecule is CCc1c(OC)cc2c(c1O)C(=O)CCC2O. The van der Waals surface area contributed by atoms with E-state index in [1.54, 1.807) is 6.07 Å². The van der Waals surface area contributed by atoms with E-state index in [1.807, 2.05) is 6.92 Å². The molecule has 0 aromatic heterocycles. The van der Waals surface area contributed by atoms with Crippen LogP contribution in [-0.4, -0.2) is 23.1 Å². The molecule has 0 fully saturated rings. The minimum absolute atomic E-state index is 0.0365. The van der Waals surface area contributed by atoms with Crippen LogP contribution in [0.25, 0.3) is 0 Å². The zero-order valence-corrected chi connectivity index (χ0v) is 9.99. The standard InChI is InChI=1S/C13H16O4/c1-3-7-11(17-2)6-8-9(14)4-5-10(15)12(8)13(7)16/h6,9,14,16H,3-5H2,1-2H3. The molecule has 1 atom stereocenters. The predicted octanol–water partition coefficient (Wildman–Crippen LogP) is 1.97. The van der Waals surface area contributed by atoms with E-state index in [0.717, 1.165) is 0 Å². The molecular weight excluding hydrogens is 220 g/mol. The molecular formula is C13H16O4. The molecule has 0 saturated heterocycles. The molecule has 0 heterocycles. The highest BCUT2D eigenvalue weighted by atomic mass is 16.5. The van der Waals surface area contributed by atoms with E-state index >= 15 is 0 Å². The molecule has 2 rings (SSSR count). The van der Waals surface area contributed by atoms with Gasteiger partial charge in [0.2, 0.25) is 0 Å². The Morgan fingerprint density at radius 2 is 2.24 bits per heavy atom. The summed E-state index contributed by atoms with van der Waals surface area (Å²) in [7, 11) is 1.51. The second kappa shape index (κ2) is 4.37. The number of rotatable bonds is 2. The molecule has 17 heavy (non-hydrogen) atoms. The van der Waals surface area contributed by atoms with E-state index in [0.29, 0.717) is 29.7 Å². The summed E-state index contributed by atoms with van der Waals surface area (Å²) in [4.78, 5) is 11.8. The fourth-order valence-corrected chi connectivity index (χ4v) is 2.33. The van der Waals surface area contributed by atoms with Crippen LogP contribution < -0.4 is 4.74 Å². The summed E-state index contributed by atoms with van der Waals surface area (Å²) >= 11 is 0.